The first-order valence-electron chi connectivity index (χ1n) is 8.39. The lowest BCUT2D eigenvalue weighted by molar-refractivity contribution is -0.122. The highest BCUT2D eigenvalue weighted by Crippen LogP contribution is 2.45. The molecule has 0 bridgehead atoms. The van der Waals surface area contributed by atoms with Gasteiger partial charge in [0.25, 0.3) is 11.8 Å². The molecule has 2 heterocycles. The van der Waals surface area contributed by atoms with E-state index in [1.54, 1.807) is 9.80 Å². The second-order valence-corrected chi connectivity index (χ2v) is 8.51. The van der Waals surface area contributed by atoms with Gasteiger partial charge >= 0.3 is 0 Å². The van der Waals surface area contributed by atoms with Gasteiger partial charge in [-0.2, -0.15) is 0 Å². The zero-order valence-corrected chi connectivity index (χ0v) is 17.4. The molecule has 0 aliphatic carbocycles. The summed E-state index contributed by atoms with van der Waals surface area (Å²) in [4.78, 5) is 29.6. The maximum atomic E-state index is 13.1. The number of hydrogen-bond donors (Lipinski definition) is 0. The fourth-order valence-electron chi connectivity index (χ4n) is 3.09. The summed E-state index contributed by atoms with van der Waals surface area (Å²) in [5.41, 5.74) is 2.18. The number of benzene rings is 1. The van der Waals surface area contributed by atoms with Crippen LogP contribution >= 0.6 is 39.9 Å². The average Bonchev–Trinajstić information content (AvgIpc) is 3.00. The van der Waals surface area contributed by atoms with Gasteiger partial charge in [0.1, 0.15) is 4.32 Å². The van der Waals surface area contributed by atoms with Gasteiger partial charge in [-0.05, 0) is 31.5 Å². The molecule has 1 aromatic carbocycles. The predicted molar refractivity (Wildman–Crippen MR) is 111 cm³/mol. The molecule has 1 fully saturated rings. The minimum atomic E-state index is -0.165. The first-order chi connectivity index (χ1) is 12.0. The number of likely N-dealkylation sites (N-methyl/N-ethyl adjacent to an activating group) is 1. The van der Waals surface area contributed by atoms with E-state index in [2.05, 4.69) is 22.9 Å². The van der Waals surface area contributed by atoms with Crippen LogP contribution in [0.2, 0.25) is 0 Å². The highest BCUT2D eigenvalue weighted by atomic mass is 79.9. The van der Waals surface area contributed by atoms with Gasteiger partial charge in [0.2, 0.25) is 0 Å². The third-order valence-electron chi connectivity index (χ3n) is 4.36. The van der Waals surface area contributed by atoms with Gasteiger partial charge < -0.3 is 4.90 Å². The number of anilines is 1. The van der Waals surface area contributed by atoms with Gasteiger partial charge in [0.15, 0.2) is 0 Å². The summed E-state index contributed by atoms with van der Waals surface area (Å²) < 4.78 is 1.40. The Hall–Kier alpha value is -1.18. The zero-order valence-electron chi connectivity index (χ0n) is 14.2. The van der Waals surface area contributed by atoms with Crippen LogP contribution in [0.5, 0.6) is 0 Å². The number of thioether (sulfide) groups is 1. The Morgan fingerprint density at radius 3 is 2.52 bits per heavy atom. The third-order valence-corrected chi connectivity index (χ3v) is 6.30. The van der Waals surface area contributed by atoms with Gasteiger partial charge in [0, 0.05) is 23.1 Å². The van der Waals surface area contributed by atoms with Crippen LogP contribution in [0.4, 0.5) is 5.69 Å². The largest absolute Gasteiger partial charge is 0.308 e. The predicted octanol–water partition coefficient (Wildman–Crippen LogP) is 4.58. The summed E-state index contributed by atoms with van der Waals surface area (Å²) in [5, 5.41) is 0. The summed E-state index contributed by atoms with van der Waals surface area (Å²) >= 11 is 10.0. The Morgan fingerprint density at radius 2 is 1.88 bits per heavy atom. The Kier molecular flexibility index (Phi) is 5.65. The van der Waals surface area contributed by atoms with E-state index in [4.69, 9.17) is 12.2 Å². The molecule has 2 aliphatic heterocycles. The molecule has 0 atom stereocenters. The fourth-order valence-corrected chi connectivity index (χ4v) is 4.90. The van der Waals surface area contributed by atoms with Crippen LogP contribution in [0.15, 0.2) is 27.6 Å². The maximum Gasteiger partial charge on any atom is 0.266 e. The van der Waals surface area contributed by atoms with E-state index in [1.165, 1.54) is 11.8 Å². The van der Waals surface area contributed by atoms with Crippen molar-refractivity contribution in [2.75, 3.05) is 18.0 Å². The summed E-state index contributed by atoms with van der Waals surface area (Å²) in [5.74, 6) is -0.261. The van der Waals surface area contributed by atoms with E-state index in [9.17, 15) is 9.59 Å². The molecule has 25 heavy (non-hydrogen) atoms. The highest BCUT2D eigenvalue weighted by Gasteiger charge is 2.41. The molecule has 0 N–H and O–H groups in total. The van der Waals surface area contributed by atoms with Crippen LogP contribution in [0.1, 0.15) is 38.7 Å². The summed E-state index contributed by atoms with van der Waals surface area (Å²) in [7, 11) is 0. The molecular formula is C18H19BrN2O2S2. The van der Waals surface area contributed by atoms with E-state index in [1.807, 2.05) is 25.1 Å². The minimum absolute atomic E-state index is 0.0965. The second-order valence-electron chi connectivity index (χ2n) is 5.95. The number of amides is 2. The van der Waals surface area contributed by atoms with Crippen molar-refractivity contribution in [2.45, 2.75) is 33.1 Å². The molecule has 0 spiro atoms. The normalized spacial score (nSPS) is 20.0. The number of carbonyl (C=O) groups is 2. The molecule has 1 saturated heterocycles. The first-order valence-corrected chi connectivity index (χ1v) is 10.4. The van der Waals surface area contributed by atoms with Crippen LogP contribution in [-0.4, -0.2) is 34.1 Å². The fraction of sp³-hybridized carbons (Fsp3) is 0.389. The quantitative estimate of drug-likeness (QED) is 0.383. The Labute approximate surface area is 165 Å². The number of fused-ring (bicyclic) bond motifs is 1. The van der Waals surface area contributed by atoms with Crippen molar-refractivity contribution in [3.8, 4) is 0 Å². The van der Waals surface area contributed by atoms with Crippen molar-refractivity contribution >= 4 is 67.3 Å². The SMILES string of the molecule is CCCCCN1C(=O)/C(=C2\SC(=S)N(CC)C2=O)c2cc(Br)ccc21. The van der Waals surface area contributed by atoms with Gasteiger partial charge in [-0.3, -0.25) is 14.5 Å². The van der Waals surface area contributed by atoms with Crippen molar-refractivity contribution in [1.82, 2.24) is 4.90 Å². The molecule has 2 aliphatic rings. The van der Waals surface area contributed by atoms with E-state index in [-0.39, 0.29) is 11.8 Å². The number of hydrogen-bond acceptors (Lipinski definition) is 4. The van der Waals surface area contributed by atoms with Crippen LogP contribution in [0.3, 0.4) is 0 Å². The van der Waals surface area contributed by atoms with Crippen LogP contribution < -0.4 is 4.90 Å². The van der Waals surface area contributed by atoms with Gasteiger partial charge in [-0.1, -0.05) is 59.7 Å². The molecule has 7 heteroatoms. The standard InChI is InChI=1S/C18H19BrN2O2S2/c1-3-5-6-9-21-13-8-7-11(19)10-12(13)14(16(21)22)15-17(23)20(4-2)18(24)25-15/h7-8,10H,3-6,9H2,1-2H3/b15-14-. The third kappa shape index (κ3) is 3.29. The topological polar surface area (TPSA) is 40.6 Å². The number of unbranched alkanes of at least 4 members (excludes halogenated alkanes) is 2. The Morgan fingerprint density at radius 1 is 1.12 bits per heavy atom. The Balaban J connectivity index is 2.08. The lowest BCUT2D eigenvalue weighted by atomic mass is 10.1. The highest BCUT2D eigenvalue weighted by molar-refractivity contribution is 9.10. The molecule has 0 radical (unpaired) electrons. The first kappa shape index (κ1) is 18.6. The molecular weight excluding hydrogens is 420 g/mol. The monoisotopic (exact) mass is 438 g/mol. The molecule has 0 unspecified atom stereocenters. The van der Waals surface area contributed by atoms with Gasteiger partial charge in [-0.15, -0.1) is 0 Å². The lowest BCUT2D eigenvalue weighted by Gasteiger charge is -2.16. The van der Waals surface area contributed by atoms with Crippen molar-refractivity contribution in [3.05, 3.63) is 33.1 Å². The van der Waals surface area contributed by atoms with E-state index < -0.39 is 0 Å². The van der Waals surface area contributed by atoms with Crippen LogP contribution in [0, 0.1) is 0 Å². The minimum Gasteiger partial charge on any atom is -0.308 e. The van der Waals surface area contributed by atoms with E-state index in [0.717, 1.165) is 35.0 Å². The summed E-state index contributed by atoms with van der Waals surface area (Å²) in [6.45, 7) is 5.20. The number of carbonyl (C=O) groups excluding carboxylic acids is 2. The molecule has 3 rings (SSSR count). The Bertz CT molecular complexity index is 791. The smallest absolute Gasteiger partial charge is 0.266 e. The summed E-state index contributed by atoms with van der Waals surface area (Å²) in [6, 6.07) is 5.79. The van der Waals surface area contributed by atoms with Gasteiger partial charge in [0.05, 0.1) is 16.2 Å². The average molecular weight is 439 g/mol. The van der Waals surface area contributed by atoms with Crippen LogP contribution in [0.25, 0.3) is 5.57 Å². The zero-order chi connectivity index (χ0) is 18.1. The van der Waals surface area contributed by atoms with E-state index in [0.29, 0.717) is 27.9 Å². The molecule has 132 valence electrons. The number of rotatable bonds is 5. The summed E-state index contributed by atoms with van der Waals surface area (Å²) in [6.07, 6.45) is 3.11. The van der Waals surface area contributed by atoms with E-state index >= 15 is 0 Å². The molecule has 4 nitrogen and oxygen atoms in total. The second kappa shape index (κ2) is 7.60. The van der Waals surface area contributed by atoms with Gasteiger partial charge in [-0.25, -0.2) is 0 Å². The number of thiocarbonyl (C=S) groups is 1. The maximum absolute atomic E-state index is 13.1. The molecule has 1 aromatic rings. The molecule has 0 saturated carbocycles. The number of halogens is 1. The molecule has 0 aromatic heterocycles. The van der Waals surface area contributed by atoms with Crippen molar-refractivity contribution in [2.24, 2.45) is 0 Å². The van der Waals surface area contributed by atoms with Crippen LogP contribution in [-0.2, 0) is 9.59 Å². The van der Waals surface area contributed by atoms with Crippen molar-refractivity contribution in [1.29, 1.82) is 0 Å². The molecule has 2 amide bonds. The van der Waals surface area contributed by atoms with Crippen molar-refractivity contribution < 1.29 is 9.59 Å². The number of nitrogens with zero attached hydrogens (tertiary/aromatic N) is 2. The van der Waals surface area contributed by atoms with Crippen molar-refractivity contribution in [3.63, 3.8) is 0 Å². The lowest BCUT2D eigenvalue weighted by Crippen LogP contribution is -2.29.